The summed E-state index contributed by atoms with van der Waals surface area (Å²) in [5.74, 6) is 0.428. The van der Waals surface area contributed by atoms with Gasteiger partial charge in [-0.3, -0.25) is 4.79 Å². The third-order valence-electron chi connectivity index (χ3n) is 3.02. The molecule has 0 radical (unpaired) electrons. The highest BCUT2D eigenvalue weighted by Crippen LogP contribution is 2.03. The second-order valence-electron chi connectivity index (χ2n) is 5.42. The van der Waals surface area contributed by atoms with Gasteiger partial charge in [-0.05, 0) is 24.3 Å². The van der Waals surface area contributed by atoms with Gasteiger partial charge in [0.1, 0.15) is 6.61 Å². The Bertz CT molecular complexity index is 379. The summed E-state index contributed by atoms with van der Waals surface area (Å²) >= 11 is 0. The molecule has 0 saturated carbocycles. The fourth-order valence-corrected chi connectivity index (χ4v) is 2.05. The fraction of sp³-hybridized carbons (Fsp3) is 0.562. The van der Waals surface area contributed by atoms with Crippen molar-refractivity contribution in [3.63, 3.8) is 0 Å². The van der Waals surface area contributed by atoms with Crippen molar-refractivity contribution in [1.29, 1.82) is 0 Å². The molecular formula is C16H26N2O2. The largest absolute Gasteiger partial charge is 0.371 e. The first-order valence-electron chi connectivity index (χ1n) is 7.23. The first-order chi connectivity index (χ1) is 9.61. The predicted molar refractivity (Wildman–Crippen MR) is 81.4 cm³/mol. The van der Waals surface area contributed by atoms with E-state index in [0.717, 1.165) is 12.8 Å². The zero-order valence-corrected chi connectivity index (χ0v) is 12.5. The second-order valence-corrected chi connectivity index (χ2v) is 5.42. The van der Waals surface area contributed by atoms with Gasteiger partial charge in [0.2, 0.25) is 5.91 Å². The highest BCUT2D eigenvalue weighted by Gasteiger charge is 2.12. The lowest BCUT2D eigenvalue weighted by Crippen LogP contribution is -2.42. The molecule has 0 aliphatic rings. The summed E-state index contributed by atoms with van der Waals surface area (Å²) in [4.78, 5) is 11.7. The number of nitrogens with two attached hydrogens (primary N) is 1. The number of ether oxygens (including phenoxy) is 1. The van der Waals surface area contributed by atoms with Gasteiger partial charge < -0.3 is 15.8 Å². The van der Waals surface area contributed by atoms with Crippen LogP contribution in [0.15, 0.2) is 30.3 Å². The molecule has 1 atom stereocenters. The molecule has 0 aromatic heterocycles. The van der Waals surface area contributed by atoms with Crippen molar-refractivity contribution >= 4 is 5.91 Å². The first kappa shape index (κ1) is 16.7. The molecule has 0 aliphatic carbocycles. The van der Waals surface area contributed by atoms with Crippen LogP contribution in [-0.2, 0) is 16.0 Å². The molecule has 0 saturated heterocycles. The van der Waals surface area contributed by atoms with Gasteiger partial charge in [-0.15, -0.1) is 0 Å². The van der Waals surface area contributed by atoms with E-state index in [4.69, 9.17) is 10.5 Å². The highest BCUT2D eigenvalue weighted by atomic mass is 16.5. The van der Waals surface area contributed by atoms with Crippen LogP contribution in [0.4, 0.5) is 0 Å². The summed E-state index contributed by atoms with van der Waals surface area (Å²) in [7, 11) is 0. The number of rotatable bonds is 9. The van der Waals surface area contributed by atoms with E-state index in [9.17, 15) is 4.79 Å². The molecule has 20 heavy (non-hydrogen) atoms. The number of benzene rings is 1. The molecule has 0 spiro atoms. The Kier molecular flexibility index (Phi) is 7.92. The Hall–Kier alpha value is -1.39. The van der Waals surface area contributed by atoms with Gasteiger partial charge in [-0.2, -0.15) is 0 Å². The average molecular weight is 278 g/mol. The number of hydrogen-bond acceptors (Lipinski definition) is 3. The Labute approximate surface area is 121 Å². The molecular weight excluding hydrogens is 252 g/mol. The zero-order chi connectivity index (χ0) is 14.8. The van der Waals surface area contributed by atoms with Gasteiger partial charge in [0.05, 0.1) is 6.61 Å². The summed E-state index contributed by atoms with van der Waals surface area (Å²) < 4.78 is 5.40. The standard InChI is InChI=1S/C16H26N2O2/c1-13(2)10-15(11-17)18-16(19)12-20-9-8-14-6-4-3-5-7-14/h3-7,13,15H,8-12,17H2,1-2H3,(H,18,19). The molecule has 4 heteroatoms. The van der Waals surface area contributed by atoms with Crippen LogP contribution in [0.25, 0.3) is 0 Å². The van der Waals surface area contributed by atoms with E-state index in [1.54, 1.807) is 0 Å². The molecule has 1 unspecified atom stereocenters. The molecule has 0 heterocycles. The van der Waals surface area contributed by atoms with Crippen molar-refractivity contribution in [1.82, 2.24) is 5.32 Å². The molecule has 112 valence electrons. The smallest absolute Gasteiger partial charge is 0.246 e. The minimum Gasteiger partial charge on any atom is -0.371 e. The minimum absolute atomic E-state index is 0.0419. The third kappa shape index (κ3) is 7.26. The maximum atomic E-state index is 11.7. The zero-order valence-electron chi connectivity index (χ0n) is 12.5. The van der Waals surface area contributed by atoms with E-state index >= 15 is 0 Å². The molecule has 0 aliphatic heterocycles. The molecule has 1 aromatic carbocycles. The van der Waals surface area contributed by atoms with Crippen molar-refractivity contribution in [2.45, 2.75) is 32.7 Å². The second kappa shape index (κ2) is 9.50. The average Bonchev–Trinajstić information content (AvgIpc) is 2.43. The molecule has 0 fully saturated rings. The van der Waals surface area contributed by atoms with Crippen molar-refractivity contribution in [3.8, 4) is 0 Å². The van der Waals surface area contributed by atoms with Crippen LogP contribution in [0.1, 0.15) is 25.8 Å². The van der Waals surface area contributed by atoms with Gasteiger partial charge in [-0.25, -0.2) is 0 Å². The lowest BCUT2D eigenvalue weighted by Gasteiger charge is -2.18. The number of carbonyl (C=O) groups excluding carboxylic acids is 1. The Balaban J connectivity index is 2.16. The van der Waals surface area contributed by atoms with Crippen molar-refractivity contribution < 1.29 is 9.53 Å². The van der Waals surface area contributed by atoms with E-state index in [-0.39, 0.29) is 18.6 Å². The van der Waals surface area contributed by atoms with Crippen LogP contribution < -0.4 is 11.1 Å². The fourth-order valence-electron chi connectivity index (χ4n) is 2.05. The Morgan fingerprint density at radius 3 is 2.60 bits per heavy atom. The molecule has 1 rings (SSSR count). The summed E-state index contributed by atoms with van der Waals surface area (Å²) in [6.45, 7) is 5.35. The van der Waals surface area contributed by atoms with E-state index in [1.807, 2.05) is 18.2 Å². The molecule has 3 N–H and O–H groups in total. The van der Waals surface area contributed by atoms with Gasteiger partial charge in [0.25, 0.3) is 0 Å². The summed E-state index contributed by atoms with van der Waals surface area (Å²) in [6.07, 6.45) is 1.71. The molecule has 0 bridgehead atoms. The van der Waals surface area contributed by atoms with Gasteiger partial charge in [0, 0.05) is 12.6 Å². The normalized spacial score (nSPS) is 12.4. The minimum atomic E-state index is -0.0887. The first-order valence-corrected chi connectivity index (χ1v) is 7.23. The van der Waals surface area contributed by atoms with Gasteiger partial charge in [-0.1, -0.05) is 44.2 Å². The summed E-state index contributed by atoms with van der Waals surface area (Å²) in [5, 5.41) is 2.91. The number of hydrogen-bond donors (Lipinski definition) is 2. The van der Waals surface area contributed by atoms with E-state index in [1.165, 1.54) is 5.56 Å². The van der Waals surface area contributed by atoms with E-state index in [2.05, 4.69) is 31.3 Å². The van der Waals surface area contributed by atoms with Crippen molar-refractivity contribution in [2.75, 3.05) is 19.8 Å². The van der Waals surface area contributed by atoms with Crippen molar-refractivity contribution in [2.24, 2.45) is 11.7 Å². The molecule has 1 aromatic rings. The highest BCUT2D eigenvalue weighted by molar-refractivity contribution is 5.77. The lowest BCUT2D eigenvalue weighted by atomic mass is 10.0. The summed E-state index contributed by atoms with van der Waals surface area (Å²) in [6, 6.07) is 10.1. The van der Waals surface area contributed by atoms with Gasteiger partial charge in [0.15, 0.2) is 0 Å². The number of amides is 1. The van der Waals surface area contributed by atoms with Crippen LogP contribution in [0.3, 0.4) is 0 Å². The predicted octanol–water partition coefficient (Wildman–Crippen LogP) is 1.74. The topological polar surface area (TPSA) is 64.3 Å². The summed E-state index contributed by atoms with van der Waals surface area (Å²) in [5.41, 5.74) is 6.86. The van der Waals surface area contributed by atoms with Crippen LogP contribution in [0.2, 0.25) is 0 Å². The Morgan fingerprint density at radius 2 is 2.00 bits per heavy atom. The third-order valence-corrected chi connectivity index (χ3v) is 3.02. The van der Waals surface area contributed by atoms with E-state index < -0.39 is 0 Å². The number of nitrogens with one attached hydrogen (secondary N) is 1. The van der Waals surface area contributed by atoms with Crippen LogP contribution in [0, 0.1) is 5.92 Å². The van der Waals surface area contributed by atoms with Crippen molar-refractivity contribution in [3.05, 3.63) is 35.9 Å². The number of carbonyl (C=O) groups is 1. The SMILES string of the molecule is CC(C)CC(CN)NC(=O)COCCc1ccccc1. The van der Waals surface area contributed by atoms with Crippen LogP contribution >= 0.6 is 0 Å². The Morgan fingerprint density at radius 1 is 1.30 bits per heavy atom. The van der Waals surface area contributed by atoms with Crippen LogP contribution in [0.5, 0.6) is 0 Å². The quantitative estimate of drug-likeness (QED) is 0.676. The maximum absolute atomic E-state index is 11.7. The monoisotopic (exact) mass is 278 g/mol. The van der Waals surface area contributed by atoms with Gasteiger partial charge >= 0.3 is 0 Å². The van der Waals surface area contributed by atoms with E-state index in [0.29, 0.717) is 19.1 Å². The van der Waals surface area contributed by atoms with Crippen LogP contribution in [-0.4, -0.2) is 31.7 Å². The lowest BCUT2D eigenvalue weighted by molar-refractivity contribution is -0.126. The maximum Gasteiger partial charge on any atom is 0.246 e. The molecule has 4 nitrogen and oxygen atoms in total. The molecule has 1 amide bonds.